The number of guanidine groups is 1. The maximum atomic E-state index is 13.1. The Morgan fingerprint density at radius 3 is 2.15 bits per heavy atom. The van der Waals surface area contributed by atoms with Crippen molar-refractivity contribution < 1.29 is 19.4 Å². The summed E-state index contributed by atoms with van der Waals surface area (Å²) in [5.74, 6) is -1.15. The van der Waals surface area contributed by atoms with Gasteiger partial charge in [0.25, 0.3) is 11.9 Å². The molecule has 1 atom stereocenters. The summed E-state index contributed by atoms with van der Waals surface area (Å²) in [7, 11) is 0. The number of fused-ring (bicyclic) bond motifs is 1. The number of amides is 4. The van der Waals surface area contributed by atoms with Gasteiger partial charge in [-0.15, -0.1) is 0 Å². The predicted octanol–water partition coefficient (Wildman–Crippen LogP) is 1.30. The highest BCUT2D eigenvalue weighted by molar-refractivity contribution is 6.00. The van der Waals surface area contributed by atoms with Gasteiger partial charge >= 0.3 is 6.03 Å². The lowest BCUT2D eigenvalue weighted by Gasteiger charge is -2.19. The van der Waals surface area contributed by atoms with Crippen molar-refractivity contribution in [2.24, 2.45) is 16.6 Å². The lowest BCUT2D eigenvalue weighted by atomic mass is 10.1. The number of nitro groups is 1. The summed E-state index contributed by atoms with van der Waals surface area (Å²) in [6, 6.07) is 18.6. The highest BCUT2D eigenvalue weighted by Crippen LogP contribution is 2.16. The molecule has 0 aliphatic heterocycles. The third-order valence-corrected chi connectivity index (χ3v) is 5.76. The summed E-state index contributed by atoms with van der Waals surface area (Å²) >= 11 is 0. The highest BCUT2D eigenvalue weighted by atomic mass is 16.7. The van der Waals surface area contributed by atoms with E-state index >= 15 is 0 Å². The summed E-state index contributed by atoms with van der Waals surface area (Å²) in [6.07, 6.45) is 0.604. The fraction of sp³-hybridized carbons (Fsp3) is 0.231. The van der Waals surface area contributed by atoms with E-state index in [1.165, 1.54) is 0 Å². The van der Waals surface area contributed by atoms with Gasteiger partial charge in [0.15, 0.2) is 5.03 Å². The van der Waals surface area contributed by atoms with E-state index in [0.717, 1.165) is 21.9 Å². The zero-order valence-corrected chi connectivity index (χ0v) is 21.1. The predicted molar refractivity (Wildman–Crippen MR) is 146 cm³/mol. The molecule has 3 aromatic rings. The van der Waals surface area contributed by atoms with Gasteiger partial charge in [-0.25, -0.2) is 14.9 Å². The second kappa shape index (κ2) is 13.9. The van der Waals surface area contributed by atoms with Crippen LogP contribution in [0.3, 0.4) is 0 Å². The van der Waals surface area contributed by atoms with Crippen LogP contribution in [0.15, 0.2) is 71.8 Å². The molecule has 3 aromatic carbocycles. The molecule has 3 rings (SSSR count). The molecule has 0 heterocycles. The van der Waals surface area contributed by atoms with Gasteiger partial charge in [0.1, 0.15) is 11.1 Å². The molecule has 0 saturated carbocycles. The van der Waals surface area contributed by atoms with Crippen molar-refractivity contribution in [1.29, 1.82) is 0 Å². The van der Waals surface area contributed by atoms with Crippen molar-refractivity contribution >= 4 is 34.6 Å². The van der Waals surface area contributed by atoms with Crippen molar-refractivity contribution in [2.45, 2.75) is 32.0 Å². The Bertz CT molecular complexity index is 1360. The van der Waals surface area contributed by atoms with Crippen LogP contribution in [0.2, 0.25) is 0 Å². The Morgan fingerprint density at radius 1 is 0.872 bits per heavy atom. The molecule has 0 unspecified atom stereocenters. The van der Waals surface area contributed by atoms with Crippen molar-refractivity contribution in [2.75, 3.05) is 6.54 Å². The molecule has 13 nitrogen and oxygen atoms in total. The van der Waals surface area contributed by atoms with E-state index < -0.39 is 28.9 Å². The smallest absolute Gasteiger partial charge is 0.312 e. The lowest BCUT2D eigenvalue weighted by molar-refractivity contribution is -0.485. The summed E-state index contributed by atoms with van der Waals surface area (Å²) in [5.41, 5.74) is 12.6. The average molecular weight is 535 g/mol. The fourth-order valence-electron chi connectivity index (χ4n) is 3.76. The van der Waals surface area contributed by atoms with Gasteiger partial charge in [0.2, 0.25) is 5.91 Å². The van der Waals surface area contributed by atoms with Crippen molar-refractivity contribution in [3.8, 4) is 0 Å². The molecule has 0 radical (unpaired) electrons. The maximum Gasteiger partial charge on any atom is 0.312 e. The molecular formula is C26H30N8O5. The maximum absolute atomic E-state index is 13.1. The van der Waals surface area contributed by atoms with Crippen LogP contribution in [0.4, 0.5) is 4.79 Å². The minimum Gasteiger partial charge on any atom is -0.365 e. The Labute approximate surface area is 224 Å². The number of hydrogen-bond donors (Lipinski definition) is 6. The Morgan fingerprint density at radius 2 is 1.51 bits per heavy atom. The summed E-state index contributed by atoms with van der Waals surface area (Å²) in [5, 5.41) is 25.1. The Kier molecular flexibility index (Phi) is 10.1. The number of primary amides is 1. The van der Waals surface area contributed by atoms with E-state index in [4.69, 9.17) is 11.5 Å². The van der Waals surface area contributed by atoms with Crippen LogP contribution < -0.4 is 32.7 Å². The third kappa shape index (κ3) is 9.31. The van der Waals surface area contributed by atoms with Crippen molar-refractivity contribution in [3.05, 3.63) is 93.5 Å². The van der Waals surface area contributed by atoms with Gasteiger partial charge in [0.05, 0.1) is 0 Å². The van der Waals surface area contributed by atoms with Crippen LogP contribution in [0.1, 0.15) is 34.3 Å². The van der Waals surface area contributed by atoms with E-state index in [2.05, 4.69) is 26.4 Å². The van der Waals surface area contributed by atoms with Crippen LogP contribution in [0, 0.1) is 10.1 Å². The largest absolute Gasteiger partial charge is 0.365 e. The molecule has 0 aliphatic rings. The third-order valence-electron chi connectivity index (χ3n) is 5.76. The molecule has 4 amide bonds. The zero-order valence-electron chi connectivity index (χ0n) is 21.1. The molecule has 0 spiro atoms. The minimum absolute atomic E-state index is 0.208. The van der Waals surface area contributed by atoms with Gasteiger partial charge in [0, 0.05) is 25.2 Å². The quantitative estimate of drug-likeness (QED) is 0.0659. The van der Waals surface area contributed by atoms with Crippen LogP contribution in [0.25, 0.3) is 10.8 Å². The summed E-state index contributed by atoms with van der Waals surface area (Å²) < 4.78 is 0. The molecule has 0 aliphatic carbocycles. The summed E-state index contributed by atoms with van der Waals surface area (Å²) in [4.78, 5) is 47.4. The first-order valence-electron chi connectivity index (χ1n) is 12.1. The van der Waals surface area contributed by atoms with E-state index in [0.29, 0.717) is 12.0 Å². The van der Waals surface area contributed by atoms with E-state index in [1.54, 1.807) is 24.3 Å². The number of nitrogens with two attached hydrogens (primary N) is 2. The van der Waals surface area contributed by atoms with E-state index in [1.807, 2.05) is 42.5 Å². The minimum atomic E-state index is -0.914. The lowest BCUT2D eigenvalue weighted by Crippen LogP contribution is -2.47. The normalized spacial score (nSPS) is 11.8. The monoisotopic (exact) mass is 534 g/mol. The standard InChI is InChI=1S/C26H30N8O5/c27-25(33-34(38)39)29-13-3-6-22(32-23(35)21-12-11-19-4-1-2-5-20(19)14-21)24(36)30-15-17-7-9-18(10-8-17)16-31-26(28)37/h1-2,4-5,7-12,14,22H,3,6,13,15-16H2,(H,30,36)(H,32,35)(H3,27,29,33)(H3,28,31,37)/t22-/m1/s1. The molecule has 0 fully saturated rings. The van der Waals surface area contributed by atoms with E-state index in [9.17, 15) is 24.5 Å². The molecule has 13 heteroatoms. The molecule has 0 aromatic heterocycles. The number of hydrazone groups is 1. The van der Waals surface area contributed by atoms with Gasteiger partial charge in [-0.3, -0.25) is 9.59 Å². The molecule has 0 saturated heterocycles. The average Bonchev–Trinajstić information content (AvgIpc) is 2.92. The SMILES string of the molecule is NC(=O)NCc1ccc(CNC(=O)[C@@H](CCCNC(N)=N[N+](=O)[O-])NC(=O)c2ccc3ccccc3c2)cc1. The molecule has 0 bridgehead atoms. The van der Waals surface area contributed by atoms with Gasteiger partial charge in [-0.2, -0.15) is 0 Å². The second-order valence-corrected chi connectivity index (χ2v) is 8.63. The Hall–Kier alpha value is -5.20. The van der Waals surface area contributed by atoms with Gasteiger partial charge in [-0.05, 0) is 46.9 Å². The number of carbonyl (C=O) groups is 3. The molecule has 204 valence electrons. The van der Waals surface area contributed by atoms with Crippen molar-refractivity contribution in [3.63, 3.8) is 0 Å². The van der Waals surface area contributed by atoms with Crippen LogP contribution >= 0.6 is 0 Å². The first-order valence-corrected chi connectivity index (χ1v) is 12.1. The summed E-state index contributed by atoms with van der Waals surface area (Å²) in [6.45, 7) is 0.709. The van der Waals surface area contributed by atoms with Gasteiger partial charge in [-0.1, -0.05) is 54.6 Å². The molecule has 39 heavy (non-hydrogen) atoms. The number of carbonyl (C=O) groups excluding carboxylic acids is 3. The highest BCUT2D eigenvalue weighted by Gasteiger charge is 2.21. The van der Waals surface area contributed by atoms with Crippen LogP contribution in [-0.4, -0.2) is 41.4 Å². The number of nitrogens with zero attached hydrogens (tertiary/aromatic N) is 2. The van der Waals surface area contributed by atoms with Crippen LogP contribution in [0.5, 0.6) is 0 Å². The van der Waals surface area contributed by atoms with Crippen LogP contribution in [-0.2, 0) is 17.9 Å². The number of rotatable bonds is 12. The number of hydrogen-bond acceptors (Lipinski definition) is 5. The number of urea groups is 1. The van der Waals surface area contributed by atoms with E-state index in [-0.39, 0.29) is 32.0 Å². The first kappa shape index (κ1) is 28.4. The Balaban J connectivity index is 1.64. The molecular weight excluding hydrogens is 504 g/mol. The fourth-order valence-corrected chi connectivity index (χ4v) is 3.76. The number of nitrogens with one attached hydrogen (secondary N) is 4. The second-order valence-electron chi connectivity index (χ2n) is 8.63. The molecule has 8 N–H and O–H groups in total. The van der Waals surface area contributed by atoms with Gasteiger partial charge < -0.3 is 32.7 Å². The zero-order chi connectivity index (χ0) is 28.2. The first-order chi connectivity index (χ1) is 18.7. The number of benzene rings is 3. The van der Waals surface area contributed by atoms with Crippen molar-refractivity contribution in [1.82, 2.24) is 21.3 Å². The topological polar surface area (TPSA) is 207 Å².